The average molecular weight is 173 g/mol. The second-order valence-electron chi connectivity index (χ2n) is 3.54. The van der Waals surface area contributed by atoms with E-state index >= 15 is 0 Å². The molecule has 0 saturated carbocycles. The molecule has 0 spiro atoms. The van der Waals surface area contributed by atoms with Gasteiger partial charge < -0.3 is 5.32 Å². The largest absolute Gasteiger partial charge is 0.313 e. The molecule has 1 aliphatic rings. The highest BCUT2D eigenvalue weighted by Crippen LogP contribution is 2.31. The molecule has 0 bridgehead atoms. The van der Waals surface area contributed by atoms with E-state index in [1.165, 1.54) is 29.5 Å². The van der Waals surface area contributed by atoms with Gasteiger partial charge in [-0.1, -0.05) is 24.8 Å². The van der Waals surface area contributed by atoms with Crippen molar-refractivity contribution in [3.63, 3.8) is 0 Å². The lowest BCUT2D eigenvalue weighted by molar-refractivity contribution is 0.590. The van der Waals surface area contributed by atoms with Crippen LogP contribution in [0, 0.1) is 0 Å². The van der Waals surface area contributed by atoms with Crippen molar-refractivity contribution in [2.45, 2.75) is 18.9 Å². The van der Waals surface area contributed by atoms with E-state index in [9.17, 15) is 0 Å². The summed E-state index contributed by atoms with van der Waals surface area (Å²) in [5.74, 6) is 0. The molecule has 0 saturated heterocycles. The van der Waals surface area contributed by atoms with Crippen molar-refractivity contribution in [1.29, 1.82) is 0 Å². The minimum absolute atomic E-state index is 0.551. The molecule has 1 aromatic carbocycles. The van der Waals surface area contributed by atoms with E-state index in [4.69, 9.17) is 0 Å². The molecule has 1 nitrogen and oxygen atoms in total. The third-order valence-corrected chi connectivity index (χ3v) is 2.83. The van der Waals surface area contributed by atoms with Gasteiger partial charge in [-0.3, -0.25) is 0 Å². The molecule has 1 heteroatoms. The Labute approximate surface area is 79.5 Å². The number of hydrogen-bond donors (Lipinski definition) is 1. The van der Waals surface area contributed by atoms with Crippen LogP contribution in [0.25, 0.3) is 6.08 Å². The third kappa shape index (κ3) is 1.40. The zero-order valence-corrected chi connectivity index (χ0v) is 8.01. The molecule has 68 valence electrons. The average Bonchev–Trinajstić information content (AvgIpc) is 2.59. The molecule has 0 heterocycles. The summed E-state index contributed by atoms with van der Waals surface area (Å²) in [6.07, 6.45) is 4.34. The van der Waals surface area contributed by atoms with Crippen LogP contribution >= 0.6 is 0 Å². The molecular weight excluding hydrogens is 158 g/mol. The Morgan fingerprint density at radius 3 is 3.08 bits per heavy atom. The minimum Gasteiger partial charge on any atom is -0.313 e. The van der Waals surface area contributed by atoms with E-state index in [0.29, 0.717) is 6.04 Å². The van der Waals surface area contributed by atoms with Crippen LogP contribution in [0.3, 0.4) is 0 Å². The second-order valence-corrected chi connectivity index (χ2v) is 3.54. The van der Waals surface area contributed by atoms with Gasteiger partial charge in [-0.25, -0.2) is 0 Å². The van der Waals surface area contributed by atoms with E-state index in [1.54, 1.807) is 0 Å². The molecule has 1 aliphatic carbocycles. The number of benzene rings is 1. The Bertz CT molecular complexity index is 328. The molecule has 0 amide bonds. The first-order valence-electron chi connectivity index (χ1n) is 4.77. The Balaban J connectivity index is 2.42. The lowest BCUT2D eigenvalue weighted by Crippen LogP contribution is -2.12. The summed E-state index contributed by atoms with van der Waals surface area (Å²) in [6, 6.07) is 7.17. The van der Waals surface area contributed by atoms with Gasteiger partial charge in [-0.05, 0) is 42.6 Å². The highest BCUT2D eigenvalue weighted by molar-refractivity contribution is 5.51. The van der Waals surface area contributed by atoms with Gasteiger partial charge in [0.2, 0.25) is 0 Å². The van der Waals surface area contributed by atoms with Crippen molar-refractivity contribution >= 4 is 6.08 Å². The Hall–Kier alpha value is -1.08. The van der Waals surface area contributed by atoms with Crippen LogP contribution in [0.2, 0.25) is 0 Å². The molecule has 0 fully saturated rings. The van der Waals surface area contributed by atoms with E-state index in [-0.39, 0.29) is 0 Å². The number of rotatable bonds is 2. The molecule has 1 N–H and O–H groups in total. The zero-order valence-electron chi connectivity index (χ0n) is 8.01. The highest BCUT2D eigenvalue weighted by Gasteiger charge is 2.20. The van der Waals surface area contributed by atoms with Gasteiger partial charge >= 0.3 is 0 Å². The summed E-state index contributed by atoms with van der Waals surface area (Å²) < 4.78 is 0. The molecule has 1 unspecified atom stereocenters. The molecule has 1 atom stereocenters. The van der Waals surface area contributed by atoms with Gasteiger partial charge in [0, 0.05) is 6.04 Å². The Morgan fingerprint density at radius 1 is 1.54 bits per heavy atom. The first-order valence-corrected chi connectivity index (χ1v) is 4.77. The minimum atomic E-state index is 0.551. The fraction of sp³-hybridized carbons (Fsp3) is 0.333. The van der Waals surface area contributed by atoms with Gasteiger partial charge in [-0.2, -0.15) is 0 Å². The van der Waals surface area contributed by atoms with Crippen molar-refractivity contribution < 1.29 is 0 Å². The fourth-order valence-electron chi connectivity index (χ4n) is 2.05. The summed E-state index contributed by atoms with van der Waals surface area (Å²) in [5, 5.41) is 3.34. The van der Waals surface area contributed by atoms with Crippen LogP contribution < -0.4 is 5.32 Å². The van der Waals surface area contributed by atoms with Crippen molar-refractivity contribution in [2.24, 2.45) is 0 Å². The first-order chi connectivity index (χ1) is 6.35. The first kappa shape index (κ1) is 8.52. The van der Waals surface area contributed by atoms with Crippen LogP contribution in [0.15, 0.2) is 24.8 Å². The zero-order chi connectivity index (χ0) is 9.26. The summed E-state index contributed by atoms with van der Waals surface area (Å²) in [6.45, 7) is 3.79. The molecule has 0 radical (unpaired) electrons. The number of nitrogens with one attached hydrogen (secondary N) is 1. The summed E-state index contributed by atoms with van der Waals surface area (Å²) in [4.78, 5) is 0. The van der Waals surface area contributed by atoms with E-state index in [1.807, 2.05) is 13.1 Å². The van der Waals surface area contributed by atoms with Gasteiger partial charge in [0.1, 0.15) is 0 Å². The molecule has 13 heavy (non-hydrogen) atoms. The van der Waals surface area contributed by atoms with Crippen LogP contribution in [-0.2, 0) is 6.42 Å². The lowest BCUT2D eigenvalue weighted by atomic mass is 10.0. The van der Waals surface area contributed by atoms with E-state index < -0.39 is 0 Å². The maximum atomic E-state index is 3.79. The van der Waals surface area contributed by atoms with Crippen LogP contribution in [0.4, 0.5) is 0 Å². The van der Waals surface area contributed by atoms with E-state index in [2.05, 4.69) is 30.1 Å². The molecule has 2 rings (SSSR count). The van der Waals surface area contributed by atoms with Crippen LogP contribution in [0.1, 0.15) is 29.2 Å². The maximum absolute atomic E-state index is 3.79. The highest BCUT2D eigenvalue weighted by atomic mass is 14.9. The van der Waals surface area contributed by atoms with Crippen molar-refractivity contribution in [3.05, 3.63) is 41.5 Å². The topological polar surface area (TPSA) is 12.0 Å². The molecular formula is C12H15N. The summed E-state index contributed by atoms with van der Waals surface area (Å²) in [5.41, 5.74) is 4.17. The third-order valence-electron chi connectivity index (χ3n) is 2.83. The summed E-state index contributed by atoms with van der Waals surface area (Å²) in [7, 11) is 2.03. The second kappa shape index (κ2) is 3.35. The van der Waals surface area contributed by atoms with Gasteiger partial charge in [0.05, 0.1) is 0 Å². The fourth-order valence-corrected chi connectivity index (χ4v) is 2.05. The molecule has 1 aromatic rings. The quantitative estimate of drug-likeness (QED) is 0.724. The Kier molecular flexibility index (Phi) is 2.19. The standard InChI is InChI=1S/C12H15N/c1-3-9-4-5-10-6-7-12(13-2)11(10)8-9/h3-5,8,12-13H,1,6-7H2,2H3. The Morgan fingerprint density at radius 2 is 2.38 bits per heavy atom. The molecule has 0 aliphatic heterocycles. The number of aryl methyl sites for hydroxylation is 1. The van der Waals surface area contributed by atoms with Crippen molar-refractivity contribution in [2.75, 3.05) is 7.05 Å². The van der Waals surface area contributed by atoms with Gasteiger partial charge in [0.15, 0.2) is 0 Å². The van der Waals surface area contributed by atoms with Gasteiger partial charge in [0.25, 0.3) is 0 Å². The summed E-state index contributed by atoms with van der Waals surface area (Å²) >= 11 is 0. The van der Waals surface area contributed by atoms with Crippen LogP contribution in [0.5, 0.6) is 0 Å². The van der Waals surface area contributed by atoms with Crippen LogP contribution in [-0.4, -0.2) is 7.05 Å². The normalized spacial score (nSPS) is 19.9. The predicted molar refractivity (Wildman–Crippen MR) is 56.7 cm³/mol. The van der Waals surface area contributed by atoms with E-state index in [0.717, 1.165) is 0 Å². The number of fused-ring (bicyclic) bond motifs is 1. The van der Waals surface area contributed by atoms with Crippen molar-refractivity contribution in [1.82, 2.24) is 5.32 Å². The van der Waals surface area contributed by atoms with Crippen molar-refractivity contribution in [3.8, 4) is 0 Å². The number of hydrogen-bond acceptors (Lipinski definition) is 1. The van der Waals surface area contributed by atoms with Gasteiger partial charge in [-0.15, -0.1) is 0 Å². The smallest absolute Gasteiger partial charge is 0.0323 e. The monoisotopic (exact) mass is 173 g/mol. The maximum Gasteiger partial charge on any atom is 0.0323 e. The SMILES string of the molecule is C=Cc1ccc2c(c1)C(NC)CC2. The lowest BCUT2D eigenvalue weighted by Gasteiger charge is -2.10. The predicted octanol–water partition coefficient (Wildman–Crippen LogP) is 2.54. The molecule has 0 aromatic heterocycles.